The SMILES string of the molecule is Cc1c(CBr)n2c(CBr)c(C)c(=O)n2c1=O. The van der Waals surface area contributed by atoms with Gasteiger partial charge in [0.1, 0.15) is 0 Å². The van der Waals surface area contributed by atoms with Crippen LogP contribution in [0.5, 0.6) is 0 Å². The van der Waals surface area contributed by atoms with Gasteiger partial charge in [-0.2, -0.15) is 4.52 Å². The minimum absolute atomic E-state index is 0.227. The van der Waals surface area contributed by atoms with Crippen molar-refractivity contribution in [2.75, 3.05) is 0 Å². The van der Waals surface area contributed by atoms with Crippen molar-refractivity contribution in [2.24, 2.45) is 0 Å². The lowest BCUT2D eigenvalue weighted by molar-refractivity contribution is 0.764. The van der Waals surface area contributed by atoms with Crippen molar-refractivity contribution in [2.45, 2.75) is 24.5 Å². The molecule has 6 heteroatoms. The van der Waals surface area contributed by atoms with Crippen molar-refractivity contribution in [1.29, 1.82) is 0 Å². The van der Waals surface area contributed by atoms with Crippen molar-refractivity contribution in [3.63, 3.8) is 0 Å². The first kappa shape index (κ1) is 11.9. The van der Waals surface area contributed by atoms with Gasteiger partial charge >= 0.3 is 0 Å². The first-order chi connectivity index (χ1) is 7.54. The highest BCUT2D eigenvalue weighted by Gasteiger charge is 2.20. The maximum Gasteiger partial charge on any atom is 0.277 e. The molecule has 16 heavy (non-hydrogen) atoms. The van der Waals surface area contributed by atoms with E-state index in [1.807, 2.05) is 0 Å². The summed E-state index contributed by atoms with van der Waals surface area (Å²) in [6.07, 6.45) is 0. The van der Waals surface area contributed by atoms with E-state index in [1.165, 1.54) is 4.52 Å². The molecular formula is C10H10Br2N2O2. The first-order valence-corrected chi connectivity index (χ1v) is 6.99. The number of hydrogen-bond donors (Lipinski definition) is 0. The zero-order valence-corrected chi connectivity index (χ0v) is 12.1. The summed E-state index contributed by atoms with van der Waals surface area (Å²) in [5.74, 6) is 0. The molecule has 0 aliphatic heterocycles. The van der Waals surface area contributed by atoms with E-state index >= 15 is 0 Å². The fourth-order valence-electron chi connectivity index (χ4n) is 1.87. The van der Waals surface area contributed by atoms with E-state index in [-0.39, 0.29) is 11.1 Å². The number of alkyl halides is 2. The number of rotatable bonds is 2. The highest BCUT2D eigenvalue weighted by molar-refractivity contribution is 9.08. The lowest BCUT2D eigenvalue weighted by Crippen LogP contribution is -2.23. The third kappa shape index (κ3) is 1.32. The quantitative estimate of drug-likeness (QED) is 0.773. The molecule has 0 spiro atoms. The van der Waals surface area contributed by atoms with Crippen molar-refractivity contribution in [1.82, 2.24) is 9.03 Å². The third-order valence-corrected chi connectivity index (χ3v) is 3.92. The van der Waals surface area contributed by atoms with Crippen LogP contribution in [0.3, 0.4) is 0 Å². The van der Waals surface area contributed by atoms with Crippen molar-refractivity contribution >= 4 is 31.9 Å². The van der Waals surface area contributed by atoms with Crippen LogP contribution in [-0.4, -0.2) is 9.03 Å². The van der Waals surface area contributed by atoms with Crippen LogP contribution in [0.4, 0.5) is 0 Å². The van der Waals surface area contributed by atoms with Gasteiger partial charge < -0.3 is 0 Å². The molecule has 0 unspecified atom stereocenters. The Morgan fingerprint density at radius 2 is 1.25 bits per heavy atom. The normalized spacial score (nSPS) is 11.5. The molecule has 4 nitrogen and oxygen atoms in total. The molecule has 2 rings (SSSR count). The lowest BCUT2D eigenvalue weighted by Gasteiger charge is -2.00. The Morgan fingerprint density at radius 3 is 1.56 bits per heavy atom. The largest absolute Gasteiger partial charge is 0.277 e. The molecular weight excluding hydrogens is 340 g/mol. The zero-order chi connectivity index (χ0) is 12.0. The number of hydrogen-bond acceptors (Lipinski definition) is 2. The maximum atomic E-state index is 11.9. The first-order valence-electron chi connectivity index (χ1n) is 4.74. The zero-order valence-electron chi connectivity index (χ0n) is 8.88. The van der Waals surface area contributed by atoms with E-state index in [2.05, 4.69) is 31.9 Å². The molecule has 0 saturated carbocycles. The molecule has 0 aliphatic rings. The minimum atomic E-state index is -0.227. The van der Waals surface area contributed by atoms with Gasteiger partial charge in [0.25, 0.3) is 11.1 Å². The summed E-state index contributed by atoms with van der Waals surface area (Å²) in [6.45, 7) is 3.48. The summed E-state index contributed by atoms with van der Waals surface area (Å²) >= 11 is 6.70. The summed E-state index contributed by atoms with van der Waals surface area (Å²) in [4.78, 5) is 23.8. The molecule has 86 valence electrons. The summed E-state index contributed by atoms with van der Waals surface area (Å²) < 4.78 is 2.91. The van der Waals surface area contributed by atoms with E-state index < -0.39 is 0 Å². The fraction of sp³-hybridized carbons (Fsp3) is 0.400. The predicted molar refractivity (Wildman–Crippen MR) is 69.3 cm³/mol. The Balaban J connectivity index is 3.12. The van der Waals surface area contributed by atoms with Crippen LogP contribution >= 0.6 is 31.9 Å². The topological polar surface area (TPSA) is 43.0 Å². The molecule has 2 aromatic heterocycles. The van der Waals surface area contributed by atoms with Crippen LogP contribution in [0.15, 0.2) is 9.59 Å². The van der Waals surface area contributed by atoms with Gasteiger partial charge in [-0.05, 0) is 13.8 Å². The van der Waals surface area contributed by atoms with Crippen LogP contribution in [0.25, 0.3) is 0 Å². The molecule has 0 saturated heterocycles. The average Bonchev–Trinajstić information content (AvgIpc) is 2.65. The van der Waals surface area contributed by atoms with Gasteiger partial charge in [0.15, 0.2) is 0 Å². The predicted octanol–water partition coefficient (Wildman–Crippen LogP) is 1.60. The van der Waals surface area contributed by atoms with Gasteiger partial charge in [0.05, 0.1) is 11.4 Å². The smallest absolute Gasteiger partial charge is 0.267 e. The van der Waals surface area contributed by atoms with Gasteiger partial charge in [0.2, 0.25) is 0 Å². The standard InChI is InChI=1S/C10H10Br2N2O2/c1-5-7(3-11)13-8(4-12)6(2)10(16)14(13)9(5)15/h3-4H2,1-2H3. The third-order valence-electron chi connectivity index (χ3n) is 2.86. The van der Waals surface area contributed by atoms with E-state index in [1.54, 1.807) is 18.4 Å². The lowest BCUT2D eigenvalue weighted by atomic mass is 10.2. The Morgan fingerprint density at radius 1 is 0.875 bits per heavy atom. The minimum Gasteiger partial charge on any atom is -0.267 e. The van der Waals surface area contributed by atoms with Gasteiger partial charge in [-0.15, -0.1) is 0 Å². The van der Waals surface area contributed by atoms with Crippen LogP contribution in [0.1, 0.15) is 22.5 Å². The Hall–Kier alpha value is -0.620. The van der Waals surface area contributed by atoms with Crippen molar-refractivity contribution in [3.05, 3.63) is 43.2 Å². The van der Waals surface area contributed by atoms with Gasteiger partial charge in [-0.3, -0.25) is 9.59 Å². The molecule has 0 atom stereocenters. The van der Waals surface area contributed by atoms with Crippen molar-refractivity contribution < 1.29 is 0 Å². The summed E-state index contributed by atoms with van der Waals surface area (Å²) in [5.41, 5.74) is 2.46. The van der Waals surface area contributed by atoms with Crippen molar-refractivity contribution in [3.8, 4) is 0 Å². The molecule has 0 N–H and O–H groups in total. The van der Waals surface area contributed by atoms with Gasteiger partial charge in [-0.1, -0.05) is 31.9 Å². The number of fused-ring (bicyclic) bond motifs is 1. The second kappa shape index (κ2) is 4.00. The second-order valence-corrected chi connectivity index (χ2v) is 4.77. The summed E-state index contributed by atoms with van der Waals surface area (Å²) in [7, 11) is 0. The Labute approximate surface area is 108 Å². The van der Waals surface area contributed by atoms with E-state index in [0.29, 0.717) is 21.8 Å². The molecule has 0 amide bonds. The monoisotopic (exact) mass is 348 g/mol. The molecule has 0 bridgehead atoms. The van der Waals surface area contributed by atoms with Crippen LogP contribution < -0.4 is 11.1 Å². The number of nitrogens with zero attached hydrogens (tertiary/aromatic N) is 2. The molecule has 0 aliphatic carbocycles. The van der Waals surface area contributed by atoms with E-state index in [0.717, 1.165) is 11.4 Å². The summed E-state index contributed by atoms with van der Waals surface area (Å²) in [6, 6.07) is 0. The summed E-state index contributed by atoms with van der Waals surface area (Å²) in [5, 5.41) is 1.11. The van der Waals surface area contributed by atoms with Crippen LogP contribution in [0.2, 0.25) is 0 Å². The Kier molecular flexibility index (Phi) is 2.96. The van der Waals surface area contributed by atoms with E-state index in [9.17, 15) is 9.59 Å². The van der Waals surface area contributed by atoms with Crippen LogP contribution in [-0.2, 0) is 10.7 Å². The molecule has 0 radical (unpaired) electrons. The molecule has 0 aromatic carbocycles. The van der Waals surface area contributed by atoms with Gasteiger partial charge in [-0.25, -0.2) is 4.52 Å². The number of halogens is 2. The average molecular weight is 350 g/mol. The number of aromatic nitrogens is 2. The highest BCUT2D eigenvalue weighted by Crippen LogP contribution is 2.15. The Bertz CT molecular complexity index is 603. The van der Waals surface area contributed by atoms with Gasteiger partial charge in [0, 0.05) is 21.8 Å². The molecule has 0 fully saturated rings. The van der Waals surface area contributed by atoms with Crippen LogP contribution in [0, 0.1) is 13.8 Å². The fourth-order valence-corrected chi connectivity index (χ4v) is 3.19. The second-order valence-electron chi connectivity index (χ2n) is 3.64. The molecule has 2 aromatic rings. The van der Waals surface area contributed by atoms with E-state index in [4.69, 9.17) is 0 Å². The highest BCUT2D eigenvalue weighted by atomic mass is 79.9. The maximum absolute atomic E-state index is 11.9. The molecule has 2 heterocycles.